The van der Waals surface area contributed by atoms with E-state index in [9.17, 15) is 43.2 Å². The predicted molar refractivity (Wildman–Crippen MR) is 350 cm³/mol. The van der Waals surface area contributed by atoms with Crippen LogP contribution in [0, 0.1) is 12.3 Å². The fraction of sp³-hybridized carbons (Fsp3) is 0.606. The largest absolute Gasteiger partial charge is 0.469 e. The van der Waals surface area contributed by atoms with E-state index in [1.165, 1.54) is 70.3 Å². The van der Waals surface area contributed by atoms with Gasteiger partial charge in [0.15, 0.2) is 11.5 Å². The second-order valence-corrected chi connectivity index (χ2v) is 24.5. The summed E-state index contributed by atoms with van der Waals surface area (Å²) in [6, 6.07) is 10.2. The quantitative estimate of drug-likeness (QED) is 0.0144. The fourth-order valence-electron chi connectivity index (χ4n) is 11.3. The van der Waals surface area contributed by atoms with Crippen LogP contribution >= 0.6 is 15.9 Å². The van der Waals surface area contributed by atoms with Crippen LogP contribution < -0.4 is 32.3 Å². The minimum Gasteiger partial charge on any atom is -0.469 e. The van der Waals surface area contributed by atoms with Gasteiger partial charge in [0.1, 0.15) is 42.3 Å². The Morgan fingerprint density at radius 3 is 2.02 bits per heavy atom. The SMILES string of the molecule is COC(=O)CCCCCCCCCCCCCCCCC(=O)N[C@@H](CCC(=O)NCCOCCOCC(=O)CCCOCCOCC(=O)NC[C@@]12C[C@@H](C(=O)Nc3nc(Br)ccc3C)N(C(=O)Cn3nc(C(N)=O)c4cc(Nc5cccnc5)ccc43)[C@@H]1C2)C(=O)OC. The molecule has 4 heterocycles. The van der Waals surface area contributed by atoms with Crippen molar-refractivity contribution in [3.05, 3.63) is 70.7 Å². The molecule has 0 radical (unpaired) electrons. The Balaban J connectivity index is 0.770. The van der Waals surface area contributed by atoms with Gasteiger partial charge in [-0.15, -0.1) is 0 Å². The number of ether oxygens (including phenoxy) is 6. The zero-order valence-electron chi connectivity index (χ0n) is 54.1. The van der Waals surface area contributed by atoms with Crippen molar-refractivity contribution in [1.82, 2.24) is 40.6 Å². The first-order valence-corrected chi connectivity index (χ1v) is 33.3. The van der Waals surface area contributed by atoms with Gasteiger partial charge in [0, 0.05) is 74.1 Å². The number of aromatic nitrogens is 4. The van der Waals surface area contributed by atoms with Crippen molar-refractivity contribution in [2.75, 3.05) is 90.8 Å². The lowest BCUT2D eigenvalue weighted by Gasteiger charge is -2.27. The number of methoxy groups -OCH3 is 2. The van der Waals surface area contributed by atoms with Crippen LogP contribution in [0.2, 0.25) is 0 Å². The molecule has 6 amide bonds. The molecule has 7 N–H and O–H groups in total. The summed E-state index contributed by atoms with van der Waals surface area (Å²) in [5.74, 6) is -3.06. The summed E-state index contributed by atoms with van der Waals surface area (Å²) in [4.78, 5) is 125. The number of hydrogen-bond donors (Lipinski definition) is 6. The maximum atomic E-state index is 14.4. The third kappa shape index (κ3) is 26.1. The average molecular weight is 1360 g/mol. The van der Waals surface area contributed by atoms with Crippen LogP contribution in [0.1, 0.15) is 157 Å². The number of nitrogens with two attached hydrogens (primary N) is 1. The molecule has 6 rings (SSSR count). The number of halogens is 1. The second kappa shape index (κ2) is 40.6. The molecule has 0 spiro atoms. The van der Waals surface area contributed by atoms with Gasteiger partial charge in [-0.05, 0) is 103 Å². The predicted octanol–water partition coefficient (Wildman–Crippen LogP) is 7.24. The maximum Gasteiger partial charge on any atom is 0.328 e. The molecule has 0 bridgehead atoms. The first-order chi connectivity index (χ1) is 45.0. The number of ketones is 1. The Kier molecular flexibility index (Phi) is 32.6. The van der Waals surface area contributed by atoms with E-state index in [0.29, 0.717) is 59.3 Å². The average Bonchev–Trinajstić information content (AvgIpc) is 1.54. The number of aryl methyl sites for hydroxylation is 1. The highest BCUT2D eigenvalue weighted by Crippen LogP contribution is 2.59. The molecular weight excluding hydrogens is 1270 g/mol. The van der Waals surface area contributed by atoms with E-state index in [0.717, 1.165) is 49.8 Å². The third-order valence-corrected chi connectivity index (χ3v) is 16.9. The van der Waals surface area contributed by atoms with Gasteiger partial charge in [-0.2, -0.15) is 5.10 Å². The lowest BCUT2D eigenvalue weighted by Crippen LogP contribution is -2.47. The minimum absolute atomic E-state index is 0.00439. The van der Waals surface area contributed by atoms with Gasteiger partial charge in [0.2, 0.25) is 29.5 Å². The Morgan fingerprint density at radius 1 is 0.688 bits per heavy atom. The number of amides is 6. The number of Topliss-reactive ketones (excluding diaryl/α,β-unsaturated/α-hetero) is 1. The van der Waals surface area contributed by atoms with E-state index in [1.807, 2.05) is 13.0 Å². The Morgan fingerprint density at radius 2 is 1.35 bits per heavy atom. The molecule has 2 aliphatic rings. The van der Waals surface area contributed by atoms with Crippen molar-refractivity contribution in [3.8, 4) is 0 Å². The smallest absolute Gasteiger partial charge is 0.328 e. The summed E-state index contributed by atoms with van der Waals surface area (Å²) < 4.78 is 33.6. The van der Waals surface area contributed by atoms with Crippen LogP contribution in [0.4, 0.5) is 17.2 Å². The van der Waals surface area contributed by atoms with Gasteiger partial charge < -0.3 is 65.6 Å². The van der Waals surface area contributed by atoms with Crippen molar-refractivity contribution < 1.29 is 71.6 Å². The number of piperidine rings is 1. The molecule has 1 aliphatic heterocycles. The number of hydrogen-bond acceptors (Lipinski definition) is 19. The van der Waals surface area contributed by atoms with Crippen LogP contribution in [0.15, 0.2) is 59.5 Å². The first-order valence-electron chi connectivity index (χ1n) is 32.5. The Hall–Kier alpha value is -7.46. The number of carbonyl (C=O) groups is 9. The minimum atomic E-state index is -0.925. The number of nitrogens with one attached hydrogen (secondary N) is 5. The molecule has 4 atom stereocenters. The molecular formula is C66H94BrN11O15. The number of nitrogens with zero attached hydrogens (tertiary/aromatic N) is 5. The number of unbranched alkanes of at least 4 members (excludes halogenated alkanes) is 13. The number of likely N-dealkylation sites (tertiary alicyclic amines) is 1. The number of primary amides is 1. The van der Waals surface area contributed by atoms with E-state index in [1.54, 1.807) is 53.7 Å². The summed E-state index contributed by atoms with van der Waals surface area (Å²) in [5.41, 5.74) is 7.74. The number of carbonyl (C=O) groups excluding carboxylic acids is 9. The maximum absolute atomic E-state index is 14.4. The Bertz CT molecular complexity index is 3080. The number of esters is 2. The van der Waals surface area contributed by atoms with Crippen molar-refractivity contribution in [2.45, 2.75) is 173 Å². The van der Waals surface area contributed by atoms with E-state index in [4.69, 9.17) is 29.4 Å². The first kappa shape index (κ1) is 74.6. The van der Waals surface area contributed by atoms with Gasteiger partial charge in [-0.25, -0.2) is 9.78 Å². The van der Waals surface area contributed by atoms with E-state index < -0.39 is 41.2 Å². The standard InChI is InChI=1S/C66H94BrN11O15/c1-46-24-28-55(67)74-63(46)75-64(86)53-39-66(40-54(66)78(53)59(83)42-77-52-27-25-47(72-48-20-18-30-69-41-48)38-50(52)61(76-77)62(68)85)45-71-58(82)44-93-37-34-90-32-19-21-49(79)43-92-36-35-91-33-31-70-56(80)29-26-51(65(87)89-3)73-57(81)22-16-14-12-10-8-6-4-5-7-9-11-13-15-17-23-60(84)88-2/h18,20,24-25,27-28,30,38,41,51,53-54,72H,4-17,19,21-23,26,29,31-37,39-40,42-45H2,1-3H3,(H2,68,85)(H,70,80)(H,71,82)(H,73,81)(H,74,75,86)/t51-,53-,54+,66-/m0/s1. The normalized spacial score (nSPS) is 15.8. The number of pyridine rings is 2. The van der Waals surface area contributed by atoms with Crippen LogP contribution in [0.3, 0.4) is 0 Å². The summed E-state index contributed by atoms with van der Waals surface area (Å²) in [6.45, 7) is 2.78. The molecule has 0 unspecified atom stereocenters. The molecule has 93 heavy (non-hydrogen) atoms. The topological polar surface area (TPSA) is 342 Å². The second-order valence-electron chi connectivity index (χ2n) is 23.7. The molecule has 4 aromatic rings. The van der Waals surface area contributed by atoms with Crippen LogP contribution in [-0.4, -0.2) is 176 Å². The van der Waals surface area contributed by atoms with Crippen molar-refractivity contribution >= 4 is 97.2 Å². The van der Waals surface area contributed by atoms with Gasteiger partial charge in [0.25, 0.3) is 5.91 Å². The summed E-state index contributed by atoms with van der Waals surface area (Å²) in [7, 11) is 2.67. The highest BCUT2D eigenvalue weighted by atomic mass is 79.9. The van der Waals surface area contributed by atoms with Crippen molar-refractivity contribution in [1.29, 1.82) is 0 Å². The number of anilines is 3. The van der Waals surface area contributed by atoms with Crippen LogP contribution in [0.25, 0.3) is 10.9 Å². The number of fused-ring (bicyclic) bond motifs is 2. The summed E-state index contributed by atoms with van der Waals surface area (Å²) >= 11 is 3.36. The molecule has 27 heteroatoms. The Labute approximate surface area is 552 Å². The lowest BCUT2D eigenvalue weighted by molar-refractivity contribution is -0.145. The number of benzene rings is 1. The highest BCUT2D eigenvalue weighted by molar-refractivity contribution is 9.10. The zero-order valence-corrected chi connectivity index (χ0v) is 55.7. The molecule has 1 saturated heterocycles. The monoisotopic (exact) mass is 1360 g/mol. The molecule has 1 aliphatic carbocycles. The fourth-order valence-corrected chi connectivity index (χ4v) is 11.6. The summed E-state index contributed by atoms with van der Waals surface area (Å²) in [5, 5.41) is 19.4. The number of rotatable bonds is 48. The van der Waals surface area contributed by atoms with Gasteiger partial charge in [0.05, 0.1) is 64.7 Å². The van der Waals surface area contributed by atoms with E-state index in [-0.39, 0.29) is 133 Å². The van der Waals surface area contributed by atoms with Gasteiger partial charge in [-0.1, -0.05) is 83.1 Å². The molecule has 2 fully saturated rings. The van der Waals surface area contributed by atoms with E-state index >= 15 is 0 Å². The lowest BCUT2D eigenvalue weighted by atomic mass is 9.99. The molecule has 1 saturated carbocycles. The summed E-state index contributed by atoms with van der Waals surface area (Å²) in [6.07, 6.45) is 21.3. The van der Waals surface area contributed by atoms with Crippen LogP contribution in [0.5, 0.6) is 0 Å². The molecule has 510 valence electrons. The van der Waals surface area contributed by atoms with Gasteiger partial charge in [-0.3, -0.25) is 48.0 Å². The highest BCUT2D eigenvalue weighted by Gasteiger charge is 2.67. The van der Waals surface area contributed by atoms with E-state index in [2.05, 4.69) is 62.3 Å². The molecule has 26 nitrogen and oxygen atoms in total. The van der Waals surface area contributed by atoms with Crippen molar-refractivity contribution in [2.24, 2.45) is 11.1 Å². The van der Waals surface area contributed by atoms with Crippen LogP contribution in [-0.2, 0) is 73.3 Å². The van der Waals surface area contributed by atoms with Gasteiger partial charge >= 0.3 is 11.9 Å². The zero-order chi connectivity index (χ0) is 66.8. The third-order valence-electron chi connectivity index (χ3n) is 16.5. The molecule has 3 aromatic heterocycles. The van der Waals surface area contributed by atoms with Crippen molar-refractivity contribution in [3.63, 3.8) is 0 Å². The molecule has 1 aromatic carbocycles.